The number of nitrogens with one attached hydrogen (secondary N) is 1. The van der Waals surface area contributed by atoms with E-state index in [-0.39, 0.29) is 11.8 Å². The molecule has 1 aliphatic carbocycles. The number of carbonyl (C=O) groups excluding carboxylic acids is 1. The van der Waals surface area contributed by atoms with Crippen LogP contribution in [0.5, 0.6) is 0 Å². The fourth-order valence-corrected chi connectivity index (χ4v) is 2.95. The Hall–Kier alpha value is -1.03. The minimum absolute atomic E-state index is 0.151. The van der Waals surface area contributed by atoms with Crippen molar-refractivity contribution >= 4 is 33.2 Å². The lowest BCUT2D eigenvalue weighted by Gasteiger charge is -2.19. The molecule has 0 aromatic heterocycles. The number of carbonyl (C=O) groups is 1. The zero-order chi connectivity index (χ0) is 13.7. The fraction of sp³-hybridized carbons (Fsp3) is 0.533. The van der Waals surface area contributed by atoms with Gasteiger partial charge in [0.15, 0.2) is 0 Å². The van der Waals surface area contributed by atoms with Crippen LogP contribution in [-0.2, 0) is 4.79 Å². The molecule has 19 heavy (non-hydrogen) atoms. The van der Waals surface area contributed by atoms with Crippen LogP contribution in [0.15, 0.2) is 22.7 Å². The predicted molar refractivity (Wildman–Crippen MR) is 83.0 cm³/mol. The third-order valence-electron chi connectivity index (χ3n) is 3.74. The molecule has 1 aromatic rings. The van der Waals surface area contributed by atoms with Crippen LogP contribution < -0.4 is 11.1 Å². The highest BCUT2D eigenvalue weighted by Crippen LogP contribution is 2.26. The van der Waals surface area contributed by atoms with Gasteiger partial charge in [-0.25, -0.2) is 0 Å². The van der Waals surface area contributed by atoms with Gasteiger partial charge >= 0.3 is 0 Å². The number of benzene rings is 1. The standard InChI is InChI=1S/C15H21BrN2O/c16-13-10-12(8-9-14(13)17)18-15(19)11-6-4-2-1-3-5-7-11/h8-11H,1-7,17H2,(H,18,19). The topological polar surface area (TPSA) is 55.1 Å². The van der Waals surface area contributed by atoms with Gasteiger partial charge in [-0.05, 0) is 47.0 Å². The molecule has 1 aliphatic rings. The molecule has 4 heteroatoms. The van der Waals surface area contributed by atoms with Crippen molar-refractivity contribution in [3.63, 3.8) is 0 Å². The molecule has 1 fully saturated rings. The Labute approximate surface area is 123 Å². The Morgan fingerprint density at radius 2 is 1.79 bits per heavy atom. The van der Waals surface area contributed by atoms with Crippen molar-refractivity contribution in [2.75, 3.05) is 11.1 Å². The highest BCUT2D eigenvalue weighted by atomic mass is 79.9. The normalized spacial score (nSPS) is 17.5. The average Bonchev–Trinajstić information content (AvgIpc) is 2.33. The molecule has 0 heterocycles. The lowest BCUT2D eigenvalue weighted by molar-refractivity contribution is -0.120. The van der Waals surface area contributed by atoms with Crippen LogP contribution in [0, 0.1) is 5.92 Å². The zero-order valence-electron chi connectivity index (χ0n) is 11.1. The van der Waals surface area contributed by atoms with Crippen molar-refractivity contribution in [3.05, 3.63) is 22.7 Å². The number of nitrogens with two attached hydrogens (primary N) is 1. The monoisotopic (exact) mass is 324 g/mol. The van der Waals surface area contributed by atoms with Gasteiger partial charge < -0.3 is 11.1 Å². The molecule has 2 rings (SSSR count). The SMILES string of the molecule is Nc1ccc(NC(=O)C2CCCCCCC2)cc1Br. The Bertz CT molecular complexity index is 440. The number of nitrogen functional groups attached to an aromatic ring is 1. The van der Waals surface area contributed by atoms with Crippen molar-refractivity contribution in [2.24, 2.45) is 5.92 Å². The van der Waals surface area contributed by atoms with E-state index in [4.69, 9.17) is 5.73 Å². The molecule has 0 unspecified atom stereocenters. The molecule has 1 amide bonds. The number of anilines is 2. The second kappa shape index (κ2) is 6.94. The Morgan fingerprint density at radius 3 is 2.42 bits per heavy atom. The maximum atomic E-state index is 12.3. The van der Waals surface area contributed by atoms with Gasteiger partial charge in [0.25, 0.3) is 0 Å². The minimum Gasteiger partial charge on any atom is -0.398 e. The summed E-state index contributed by atoms with van der Waals surface area (Å²) in [6.07, 6.45) is 8.21. The van der Waals surface area contributed by atoms with Crippen molar-refractivity contribution in [1.29, 1.82) is 0 Å². The lowest BCUT2D eigenvalue weighted by Crippen LogP contribution is -2.23. The second-order valence-corrected chi connectivity index (χ2v) is 6.12. The lowest BCUT2D eigenvalue weighted by atomic mass is 9.90. The van der Waals surface area contributed by atoms with Crippen molar-refractivity contribution in [1.82, 2.24) is 0 Å². The van der Waals surface area contributed by atoms with E-state index < -0.39 is 0 Å². The summed E-state index contributed by atoms with van der Waals surface area (Å²) in [6.45, 7) is 0. The fourth-order valence-electron chi connectivity index (χ4n) is 2.57. The molecule has 0 atom stereocenters. The molecular formula is C15H21BrN2O. The van der Waals surface area contributed by atoms with Gasteiger partial charge in [0.05, 0.1) is 0 Å². The van der Waals surface area contributed by atoms with Gasteiger partial charge in [-0.1, -0.05) is 32.1 Å². The van der Waals surface area contributed by atoms with Gasteiger partial charge in [-0.3, -0.25) is 4.79 Å². The van der Waals surface area contributed by atoms with Crippen molar-refractivity contribution in [3.8, 4) is 0 Å². The summed E-state index contributed by atoms with van der Waals surface area (Å²) >= 11 is 3.38. The molecular weight excluding hydrogens is 304 g/mol. The molecule has 104 valence electrons. The summed E-state index contributed by atoms with van der Waals surface area (Å²) in [6, 6.07) is 5.51. The van der Waals surface area contributed by atoms with Crippen LogP contribution in [-0.4, -0.2) is 5.91 Å². The van der Waals surface area contributed by atoms with Crippen LogP contribution in [0.1, 0.15) is 44.9 Å². The Kier molecular flexibility index (Phi) is 5.25. The van der Waals surface area contributed by atoms with Gasteiger partial charge in [-0.15, -0.1) is 0 Å². The van der Waals surface area contributed by atoms with Gasteiger partial charge in [0.2, 0.25) is 5.91 Å². The number of rotatable bonds is 2. The molecule has 0 spiro atoms. The molecule has 0 bridgehead atoms. The predicted octanol–water partition coefficient (Wildman–Crippen LogP) is 4.33. The Morgan fingerprint density at radius 1 is 1.16 bits per heavy atom. The molecule has 1 saturated carbocycles. The molecule has 0 aliphatic heterocycles. The highest BCUT2D eigenvalue weighted by molar-refractivity contribution is 9.10. The Balaban J connectivity index is 1.96. The molecule has 3 nitrogen and oxygen atoms in total. The zero-order valence-corrected chi connectivity index (χ0v) is 12.7. The number of halogens is 1. The summed E-state index contributed by atoms with van der Waals surface area (Å²) < 4.78 is 0.822. The summed E-state index contributed by atoms with van der Waals surface area (Å²) in [4.78, 5) is 12.3. The molecule has 1 aromatic carbocycles. The van der Waals surface area contributed by atoms with Crippen LogP contribution >= 0.6 is 15.9 Å². The minimum atomic E-state index is 0.151. The molecule has 3 N–H and O–H groups in total. The van der Waals surface area contributed by atoms with E-state index in [2.05, 4.69) is 21.2 Å². The van der Waals surface area contributed by atoms with E-state index >= 15 is 0 Å². The third kappa shape index (κ3) is 4.23. The van der Waals surface area contributed by atoms with Crippen LogP contribution in [0.3, 0.4) is 0 Å². The van der Waals surface area contributed by atoms with E-state index in [1.54, 1.807) is 6.07 Å². The average molecular weight is 325 g/mol. The van der Waals surface area contributed by atoms with E-state index in [0.29, 0.717) is 5.69 Å². The van der Waals surface area contributed by atoms with Crippen LogP contribution in [0.4, 0.5) is 11.4 Å². The van der Waals surface area contributed by atoms with Gasteiger partial charge in [0, 0.05) is 21.8 Å². The van der Waals surface area contributed by atoms with E-state index in [1.807, 2.05) is 12.1 Å². The highest BCUT2D eigenvalue weighted by Gasteiger charge is 2.19. The summed E-state index contributed by atoms with van der Waals surface area (Å²) in [7, 11) is 0. The maximum Gasteiger partial charge on any atom is 0.227 e. The summed E-state index contributed by atoms with van der Waals surface area (Å²) in [5.41, 5.74) is 7.24. The van der Waals surface area contributed by atoms with E-state index in [1.165, 1.54) is 32.1 Å². The second-order valence-electron chi connectivity index (χ2n) is 5.27. The van der Waals surface area contributed by atoms with E-state index in [0.717, 1.165) is 23.0 Å². The van der Waals surface area contributed by atoms with Crippen LogP contribution in [0.2, 0.25) is 0 Å². The van der Waals surface area contributed by atoms with Gasteiger partial charge in [-0.2, -0.15) is 0 Å². The number of hydrogen-bond acceptors (Lipinski definition) is 2. The molecule has 0 saturated heterocycles. The first-order valence-corrected chi connectivity index (χ1v) is 7.82. The first-order chi connectivity index (χ1) is 9.16. The summed E-state index contributed by atoms with van der Waals surface area (Å²) in [5, 5.41) is 3.00. The first kappa shape index (κ1) is 14.4. The molecule has 0 radical (unpaired) electrons. The quantitative estimate of drug-likeness (QED) is 0.795. The van der Waals surface area contributed by atoms with E-state index in [9.17, 15) is 4.79 Å². The first-order valence-electron chi connectivity index (χ1n) is 7.02. The van der Waals surface area contributed by atoms with Crippen molar-refractivity contribution in [2.45, 2.75) is 44.9 Å². The largest absolute Gasteiger partial charge is 0.398 e. The maximum absolute atomic E-state index is 12.3. The number of amides is 1. The number of hydrogen-bond donors (Lipinski definition) is 2. The van der Waals surface area contributed by atoms with Crippen LogP contribution in [0.25, 0.3) is 0 Å². The van der Waals surface area contributed by atoms with Gasteiger partial charge in [0.1, 0.15) is 0 Å². The van der Waals surface area contributed by atoms with Crippen molar-refractivity contribution < 1.29 is 4.79 Å². The third-order valence-corrected chi connectivity index (χ3v) is 4.43. The summed E-state index contributed by atoms with van der Waals surface area (Å²) in [5.74, 6) is 0.315. The smallest absolute Gasteiger partial charge is 0.227 e.